The molecule has 0 bridgehead atoms. The molecular weight excluding hydrogens is 202 g/mol. The van der Waals surface area contributed by atoms with Crippen LogP contribution in [0.5, 0.6) is 0 Å². The summed E-state index contributed by atoms with van der Waals surface area (Å²) in [4.78, 5) is 4.57. The smallest absolute Gasteiger partial charge is 0.0797 e. The quantitative estimate of drug-likeness (QED) is 0.596. The van der Waals surface area contributed by atoms with E-state index in [4.69, 9.17) is 0 Å². The van der Waals surface area contributed by atoms with E-state index >= 15 is 0 Å². The second-order valence-corrected chi connectivity index (χ2v) is 4.10. The van der Waals surface area contributed by atoms with Crippen molar-refractivity contribution in [2.45, 2.75) is 0 Å². The van der Waals surface area contributed by atoms with E-state index in [9.17, 15) is 0 Å². The van der Waals surface area contributed by atoms with Gasteiger partial charge in [-0.15, -0.1) is 0 Å². The fraction of sp³-hybridized carbons (Fsp3) is 0. The van der Waals surface area contributed by atoms with Gasteiger partial charge in [0.05, 0.1) is 11.2 Å². The van der Waals surface area contributed by atoms with Crippen LogP contribution in [0.25, 0.3) is 22.2 Å². The molecule has 2 heteroatoms. The van der Waals surface area contributed by atoms with Crippen molar-refractivity contribution in [3.8, 4) is 11.3 Å². The van der Waals surface area contributed by atoms with Crippen LogP contribution in [0.15, 0.2) is 47.2 Å². The predicted molar refractivity (Wildman–Crippen MR) is 63.9 cm³/mol. The normalized spacial score (nSPS) is 10.7. The van der Waals surface area contributed by atoms with Gasteiger partial charge >= 0.3 is 0 Å². The van der Waals surface area contributed by atoms with E-state index in [0.717, 1.165) is 22.2 Å². The second-order valence-electron chi connectivity index (χ2n) is 3.32. The van der Waals surface area contributed by atoms with Gasteiger partial charge < -0.3 is 0 Å². The average molecular weight is 210 g/mol. The zero-order chi connectivity index (χ0) is 10.1. The Morgan fingerprint density at radius 1 is 1.13 bits per heavy atom. The Labute approximate surface area is 92.0 Å². The number of thiophene rings is 1. The third kappa shape index (κ3) is 1.53. The van der Waals surface area contributed by atoms with Gasteiger partial charge in [0, 0.05) is 22.4 Å². The molecule has 3 aromatic rings. The van der Waals surface area contributed by atoms with Crippen LogP contribution in [0.3, 0.4) is 0 Å². The van der Waals surface area contributed by atoms with Crippen LogP contribution >= 0.6 is 11.3 Å². The van der Waals surface area contributed by atoms with E-state index in [1.54, 1.807) is 11.3 Å². The molecule has 15 heavy (non-hydrogen) atoms. The summed E-state index contributed by atoms with van der Waals surface area (Å²) in [6, 6.07) is 15.4. The van der Waals surface area contributed by atoms with E-state index in [0.29, 0.717) is 0 Å². The molecule has 0 fully saturated rings. The van der Waals surface area contributed by atoms with Crippen LogP contribution in [0.2, 0.25) is 0 Å². The molecule has 0 atom stereocenters. The minimum absolute atomic E-state index is 0.926. The molecule has 2 heterocycles. The zero-order valence-electron chi connectivity index (χ0n) is 7.97. The van der Waals surface area contributed by atoms with E-state index < -0.39 is 0 Å². The molecule has 0 saturated carbocycles. The van der Waals surface area contributed by atoms with Gasteiger partial charge in [0.1, 0.15) is 0 Å². The number of fused-ring (bicyclic) bond motifs is 1. The summed E-state index contributed by atoms with van der Waals surface area (Å²) in [6.45, 7) is 0. The monoisotopic (exact) mass is 210 g/mol. The molecule has 1 aromatic carbocycles. The van der Waals surface area contributed by atoms with Gasteiger partial charge in [-0.25, -0.2) is 4.98 Å². The van der Waals surface area contributed by atoms with Crippen LogP contribution < -0.4 is 0 Å². The summed E-state index contributed by atoms with van der Waals surface area (Å²) in [5, 5.41) is 5.28. The number of nitrogens with zero attached hydrogens (tertiary/aromatic N) is 1. The zero-order valence-corrected chi connectivity index (χ0v) is 8.79. The van der Waals surface area contributed by atoms with Crippen molar-refractivity contribution in [3.05, 3.63) is 53.2 Å². The minimum atomic E-state index is 0.926. The molecule has 71 valence electrons. The van der Waals surface area contributed by atoms with Gasteiger partial charge in [0.15, 0.2) is 0 Å². The van der Waals surface area contributed by atoms with Crippen LogP contribution in [0.4, 0.5) is 0 Å². The number of aromatic nitrogens is 1. The van der Waals surface area contributed by atoms with Crippen molar-refractivity contribution >= 4 is 22.2 Å². The fourth-order valence-electron chi connectivity index (χ4n) is 1.56. The van der Waals surface area contributed by atoms with Crippen molar-refractivity contribution in [2.75, 3.05) is 0 Å². The molecule has 0 N–H and O–H groups in total. The van der Waals surface area contributed by atoms with E-state index in [-0.39, 0.29) is 0 Å². The Balaban J connectivity index is 2.22. The highest BCUT2D eigenvalue weighted by Crippen LogP contribution is 2.22. The van der Waals surface area contributed by atoms with Crippen molar-refractivity contribution in [1.29, 1.82) is 0 Å². The van der Waals surface area contributed by atoms with Crippen molar-refractivity contribution in [2.24, 2.45) is 0 Å². The molecule has 0 aliphatic heterocycles. The molecule has 2 aromatic heterocycles. The first-order chi connectivity index (χ1) is 7.43. The largest absolute Gasteiger partial charge is 0.247 e. The first kappa shape index (κ1) is 8.62. The third-order valence-corrected chi connectivity index (χ3v) is 3.01. The number of para-hydroxylation sites is 1. The van der Waals surface area contributed by atoms with Gasteiger partial charge in [-0.2, -0.15) is 11.3 Å². The lowest BCUT2D eigenvalue weighted by atomic mass is 10.1. The summed E-state index contributed by atoms with van der Waals surface area (Å²) in [6.07, 6.45) is 0. The highest BCUT2D eigenvalue weighted by molar-refractivity contribution is 7.08. The number of benzene rings is 1. The first-order valence-electron chi connectivity index (χ1n) is 4.73. The Kier molecular flexibility index (Phi) is 2.00. The van der Waals surface area contributed by atoms with Crippen LogP contribution in [-0.4, -0.2) is 4.98 Å². The maximum Gasteiger partial charge on any atom is 0.0797 e. The summed E-state index contributed by atoms with van der Waals surface area (Å²) >= 11 is 1.68. The fourth-order valence-corrected chi connectivity index (χ4v) is 2.20. The standard InChI is InChI=1S/C13H8NS/c1-2-4-12-10(3-1)5-6-13(14-12)11-7-8-15-9-11/h1-5,7-9H. The maximum atomic E-state index is 4.57. The molecule has 0 spiro atoms. The average Bonchev–Trinajstić information content (AvgIpc) is 2.82. The van der Waals surface area contributed by atoms with Crippen LogP contribution in [-0.2, 0) is 0 Å². The second kappa shape index (κ2) is 3.48. The molecule has 0 saturated heterocycles. The maximum absolute atomic E-state index is 4.57. The Morgan fingerprint density at radius 3 is 2.93 bits per heavy atom. The van der Waals surface area contributed by atoms with E-state index in [1.165, 1.54) is 0 Å². The summed E-state index contributed by atoms with van der Waals surface area (Å²) in [7, 11) is 0. The van der Waals surface area contributed by atoms with Crippen LogP contribution in [0, 0.1) is 6.07 Å². The number of pyridine rings is 1. The molecule has 3 rings (SSSR count). The Hall–Kier alpha value is -1.67. The number of hydrogen-bond donors (Lipinski definition) is 0. The third-order valence-electron chi connectivity index (χ3n) is 2.33. The van der Waals surface area contributed by atoms with Gasteiger partial charge in [-0.3, -0.25) is 0 Å². The van der Waals surface area contributed by atoms with Gasteiger partial charge in [-0.1, -0.05) is 18.2 Å². The van der Waals surface area contributed by atoms with Crippen molar-refractivity contribution < 1.29 is 0 Å². The van der Waals surface area contributed by atoms with Crippen molar-refractivity contribution in [3.63, 3.8) is 0 Å². The molecule has 0 aliphatic rings. The highest BCUT2D eigenvalue weighted by atomic mass is 32.1. The lowest BCUT2D eigenvalue weighted by Gasteiger charge is -1.99. The number of hydrogen-bond acceptors (Lipinski definition) is 2. The van der Waals surface area contributed by atoms with E-state index in [2.05, 4.69) is 33.9 Å². The lowest BCUT2D eigenvalue weighted by Crippen LogP contribution is -1.83. The van der Waals surface area contributed by atoms with Crippen molar-refractivity contribution in [1.82, 2.24) is 4.98 Å². The molecule has 0 aliphatic carbocycles. The van der Waals surface area contributed by atoms with E-state index in [1.807, 2.05) is 24.3 Å². The van der Waals surface area contributed by atoms with Gasteiger partial charge in [0.25, 0.3) is 0 Å². The topological polar surface area (TPSA) is 12.9 Å². The van der Waals surface area contributed by atoms with Gasteiger partial charge in [0.2, 0.25) is 0 Å². The summed E-state index contributed by atoms with van der Waals surface area (Å²) in [5.41, 5.74) is 3.10. The molecule has 1 nitrogen and oxygen atoms in total. The molecular formula is C13H8NS. The minimum Gasteiger partial charge on any atom is -0.247 e. The Morgan fingerprint density at radius 2 is 2.07 bits per heavy atom. The lowest BCUT2D eigenvalue weighted by molar-refractivity contribution is 1.40. The highest BCUT2D eigenvalue weighted by Gasteiger charge is 2.01. The summed E-state index contributed by atoms with van der Waals surface area (Å²) in [5.74, 6) is 0. The van der Waals surface area contributed by atoms with Gasteiger partial charge in [-0.05, 0) is 23.6 Å². The van der Waals surface area contributed by atoms with Crippen LogP contribution in [0.1, 0.15) is 0 Å². The molecule has 0 unspecified atom stereocenters. The SMILES string of the molecule is [c]1cc2ccccc2nc1-c1ccsc1. The number of rotatable bonds is 1. The predicted octanol–water partition coefficient (Wildman–Crippen LogP) is 3.76. The molecule has 1 radical (unpaired) electrons. The Bertz CT molecular complexity index is 584. The first-order valence-corrected chi connectivity index (χ1v) is 5.68. The summed E-state index contributed by atoms with van der Waals surface area (Å²) < 4.78 is 0. The molecule has 0 amide bonds.